The van der Waals surface area contributed by atoms with Crippen LogP contribution in [0.2, 0.25) is 0 Å². The standard InChI is InChI=1S/C15H20N2S/c1-3-7-12(8-4-1)14-11-16-15(18-14)17-13-9-5-2-6-10-13/h1,3-4,7-8,13-14H,2,5-6,9-11H2,(H,16,17). The van der Waals surface area contributed by atoms with E-state index in [0.29, 0.717) is 11.3 Å². The van der Waals surface area contributed by atoms with Crippen LogP contribution in [-0.4, -0.2) is 17.8 Å². The summed E-state index contributed by atoms with van der Waals surface area (Å²) in [6.07, 6.45) is 6.78. The van der Waals surface area contributed by atoms with Gasteiger partial charge in [-0.3, -0.25) is 4.99 Å². The van der Waals surface area contributed by atoms with Crippen LogP contribution in [0.1, 0.15) is 42.9 Å². The molecule has 18 heavy (non-hydrogen) atoms. The molecule has 3 rings (SSSR count). The first-order valence-corrected chi connectivity index (χ1v) is 7.82. The number of benzene rings is 1. The number of hydrogen-bond acceptors (Lipinski definition) is 3. The number of aliphatic imine (C=N–C) groups is 1. The van der Waals surface area contributed by atoms with Gasteiger partial charge in [-0.15, -0.1) is 0 Å². The van der Waals surface area contributed by atoms with Crippen LogP contribution >= 0.6 is 11.8 Å². The van der Waals surface area contributed by atoms with Crippen molar-refractivity contribution in [3.8, 4) is 0 Å². The van der Waals surface area contributed by atoms with Gasteiger partial charge in [0.1, 0.15) is 0 Å². The van der Waals surface area contributed by atoms with E-state index in [9.17, 15) is 0 Å². The highest BCUT2D eigenvalue weighted by atomic mass is 32.2. The Morgan fingerprint density at radius 3 is 2.61 bits per heavy atom. The Bertz CT molecular complexity index is 410. The summed E-state index contributed by atoms with van der Waals surface area (Å²) < 4.78 is 0. The second-order valence-electron chi connectivity index (χ2n) is 5.14. The topological polar surface area (TPSA) is 24.4 Å². The normalized spacial score (nSPS) is 24.9. The third-order valence-electron chi connectivity index (χ3n) is 3.76. The van der Waals surface area contributed by atoms with Crippen molar-refractivity contribution in [2.75, 3.05) is 6.54 Å². The molecule has 0 saturated heterocycles. The summed E-state index contributed by atoms with van der Waals surface area (Å²) in [5, 5.41) is 5.30. The average molecular weight is 260 g/mol. The molecule has 1 N–H and O–H groups in total. The second kappa shape index (κ2) is 5.79. The van der Waals surface area contributed by atoms with E-state index in [0.717, 1.165) is 11.7 Å². The minimum Gasteiger partial charge on any atom is -0.362 e. The number of hydrogen-bond donors (Lipinski definition) is 1. The van der Waals surface area contributed by atoms with Crippen LogP contribution < -0.4 is 5.32 Å². The minimum absolute atomic E-state index is 0.511. The van der Waals surface area contributed by atoms with Crippen LogP contribution in [0.25, 0.3) is 0 Å². The van der Waals surface area contributed by atoms with Crippen molar-refractivity contribution in [2.24, 2.45) is 4.99 Å². The SMILES string of the molecule is c1ccc(C2CN=C(NC3CCCCC3)S2)cc1. The van der Waals surface area contributed by atoms with E-state index < -0.39 is 0 Å². The van der Waals surface area contributed by atoms with E-state index in [-0.39, 0.29) is 0 Å². The lowest BCUT2D eigenvalue weighted by Crippen LogP contribution is -2.33. The van der Waals surface area contributed by atoms with E-state index in [1.807, 2.05) is 11.8 Å². The Labute approximate surface area is 113 Å². The maximum atomic E-state index is 4.66. The number of nitrogens with zero attached hydrogens (tertiary/aromatic N) is 1. The first-order valence-electron chi connectivity index (χ1n) is 6.94. The molecule has 0 amide bonds. The lowest BCUT2D eigenvalue weighted by Gasteiger charge is -2.23. The van der Waals surface area contributed by atoms with Gasteiger partial charge in [-0.25, -0.2) is 0 Å². The molecule has 1 fully saturated rings. The van der Waals surface area contributed by atoms with Crippen molar-refractivity contribution in [1.82, 2.24) is 5.32 Å². The molecular formula is C15H20N2S. The van der Waals surface area contributed by atoms with Crippen molar-refractivity contribution in [2.45, 2.75) is 43.4 Å². The summed E-state index contributed by atoms with van der Waals surface area (Å²) in [5.74, 6) is 0. The molecule has 0 bridgehead atoms. The zero-order chi connectivity index (χ0) is 12.2. The van der Waals surface area contributed by atoms with Gasteiger partial charge in [0.2, 0.25) is 0 Å². The van der Waals surface area contributed by atoms with Crippen LogP contribution in [-0.2, 0) is 0 Å². The van der Waals surface area contributed by atoms with Crippen molar-refractivity contribution in [3.63, 3.8) is 0 Å². The summed E-state index contributed by atoms with van der Waals surface area (Å²) >= 11 is 1.90. The molecule has 0 radical (unpaired) electrons. The van der Waals surface area contributed by atoms with Crippen molar-refractivity contribution >= 4 is 16.9 Å². The van der Waals surface area contributed by atoms with Gasteiger partial charge in [0.05, 0.1) is 11.8 Å². The largest absolute Gasteiger partial charge is 0.362 e. The molecule has 1 aromatic rings. The Balaban J connectivity index is 1.54. The fourth-order valence-corrected chi connectivity index (χ4v) is 3.81. The zero-order valence-electron chi connectivity index (χ0n) is 10.6. The fourth-order valence-electron chi connectivity index (χ4n) is 2.72. The molecule has 1 aromatic carbocycles. The van der Waals surface area contributed by atoms with Gasteiger partial charge in [-0.1, -0.05) is 61.4 Å². The van der Waals surface area contributed by atoms with Crippen molar-refractivity contribution < 1.29 is 0 Å². The van der Waals surface area contributed by atoms with Crippen LogP contribution in [0.4, 0.5) is 0 Å². The number of rotatable bonds is 2. The van der Waals surface area contributed by atoms with E-state index >= 15 is 0 Å². The van der Waals surface area contributed by atoms with Crippen LogP contribution in [0.15, 0.2) is 35.3 Å². The Hall–Kier alpha value is -0.960. The van der Waals surface area contributed by atoms with E-state index in [1.165, 1.54) is 37.7 Å². The lowest BCUT2D eigenvalue weighted by atomic mass is 9.96. The summed E-state index contributed by atoms with van der Waals surface area (Å²) in [5.41, 5.74) is 1.40. The summed E-state index contributed by atoms with van der Waals surface area (Å²) in [6.45, 7) is 0.920. The third-order valence-corrected chi connectivity index (χ3v) is 4.93. The molecule has 2 aliphatic rings. The molecule has 0 aromatic heterocycles. The maximum Gasteiger partial charge on any atom is 0.157 e. The van der Waals surface area contributed by atoms with Crippen LogP contribution in [0.5, 0.6) is 0 Å². The van der Waals surface area contributed by atoms with Crippen molar-refractivity contribution in [3.05, 3.63) is 35.9 Å². The Morgan fingerprint density at radius 2 is 1.83 bits per heavy atom. The van der Waals surface area contributed by atoms with E-state index in [2.05, 4.69) is 40.6 Å². The third kappa shape index (κ3) is 2.89. The van der Waals surface area contributed by atoms with Crippen LogP contribution in [0.3, 0.4) is 0 Å². The molecule has 1 aliphatic carbocycles. The summed E-state index contributed by atoms with van der Waals surface area (Å²) in [7, 11) is 0. The number of amidine groups is 1. The van der Waals surface area contributed by atoms with Gasteiger partial charge in [0, 0.05) is 6.04 Å². The highest BCUT2D eigenvalue weighted by molar-refractivity contribution is 8.14. The smallest absolute Gasteiger partial charge is 0.157 e. The second-order valence-corrected chi connectivity index (χ2v) is 6.33. The summed E-state index contributed by atoms with van der Waals surface area (Å²) in [4.78, 5) is 4.66. The fraction of sp³-hybridized carbons (Fsp3) is 0.533. The molecule has 3 heteroatoms. The highest BCUT2D eigenvalue weighted by Crippen LogP contribution is 2.34. The van der Waals surface area contributed by atoms with E-state index in [4.69, 9.17) is 0 Å². The highest BCUT2D eigenvalue weighted by Gasteiger charge is 2.23. The molecule has 1 aliphatic heterocycles. The predicted octanol–water partition coefficient (Wildman–Crippen LogP) is 3.75. The number of nitrogens with one attached hydrogen (secondary N) is 1. The van der Waals surface area contributed by atoms with Gasteiger partial charge in [-0.2, -0.15) is 0 Å². The molecule has 96 valence electrons. The van der Waals surface area contributed by atoms with Gasteiger partial charge in [0.25, 0.3) is 0 Å². The maximum absolute atomic E-state index is 4.66. The molecular weight excluding hydrogens is 240 g/mol. The van der Waals surface area contributed by atoms with Gasteiger partial charge in [-0.05, 0) is 18.4 Å². The molecule has 2 nitrogen and oxygen atoms in total. The molecule has 1 atom stereocenters. The van der Waals surface area contributed by atoms with Crippen LogP contribution in [0, 0.1) is 0 Å². The Kier molecular flexibility index (Phi) is 3.89. The Morgan fingerprint density at radius 1 is 1.06 bits per heavy atom. The zero-order valence-corrected chi connectivity index (χ0v) is 11.5. The monoisotopic (exact) mass is 260 g/mol. The van der Waals surface area contributed by atoms with Gasteiger partial charge < -0.3 is 5.32 Å². The van der Waals surface area contributed by atoms with Crippen molar-refractivity contribution in [1.29, 1.82) is 0 Å². The molecule has 1 saturated carbocycles. The molecule has 1 unspecified atom stereocenters. The minimum atomic E-state index is 0.511. The molecule has 0 spiro atoms. The lowest BCUT2D eigenvalue weighted by molar-refractivity contribution is 0.415. The predicted molar refractivity (Wildman–Crippen MR) is 79.1 cm³/mol. The van der Waals surface area contributed by atoms with E-state index in [1.54, 1.807) is 0 Å². The first kappa shape index (κ1) is 12.1. The van der Waals surface area contributed by atoms with Gasteiger partial charge in [0.15, 0.2) is 5.17 Å². The summed E-state index contributed by atoms with van der Waals surface area (Å²) in [6, 6.07) is 11.4. The molecule has 1 heterocycles. The first-order chi connectivity index (χ1) is 8.92. The number of thioether (sulfide) groups is 1. The average Bonchev–Trinajstić information content (AvgIpc) is 2.89. The quantitative estimate of drug-likeness (QED) is 0.875. The van der Waals surface area contributed by atoms with Gasteiger partial charge >= 0.3 is 0 Å².